The molecule has 0 radical (unpaired) electrons. The molecule has 0 bridgehead atoms. The first-order valence-electron chi connectivity index (χ1n) is 5.50. The van der Waals surface area contributed by atoms with Crippen molar-refractivity contribution in [3.63, 3.8) is 0 Å². The van der Waals surface area contributed by atoms with Crippen LogP contribution in [0.4, 0.5) is 0 Å². The average molecular weight is 432 g/mol. The second kappa shape index (κ2) is 5.20. The molecule has 0 heterocycles. The standard InChI is InChI=1S/2C5H9Si.2CH3.Pb/c2*1-5-6(2,3)4;;;/h2*2-4H3;2*1H3;. The summed E-state index contributed by atoms with van der Waals surface area (Å²) >= 11 is -2.44. The molecule has 0 aromatic rings. The van der Waals surface area contributed by atoms with Crippen molar-refractivity contribution in [2.45, 2.75) is 48.2 Å². The minimum absolute atomic E-state index is 1.20. The monoisotopic (exact) mass is 432 g/mol. The summed E-state index contributed by atoms with van der Waals surface area (Å²) < 4.78 is 11.8. The van der Waals surface area contributed by atoms with Crippen LogP contribution in [0.2, 0.25) is 48.2 Å². The van der Waals surface area contributed by atoms with Gasteiger partial charge in [0.25, 0.3) is 0 Å². The predicted octanol–water partition coefficient (Wildman–Crippen LogP) is 3.53. The Balaban J connectivity index is 4.82. The van der Waals surface area contributed by atoms with E-state index in [2.05, 4.69) is 66.3 Å². The van der Waals surface area contributed by atoms with Crippen LogP contribution in [-0.4, -0.2) is 37.3 Å². The maximum atomic E-state index is 3.55. The second-order valence-corrected chi connectivity index (χ2v) is 30.7. The summed E-state index contributed by atoms with van der Waals surface area (Å²) in [5.41, 5.74) is 7.00. The Hall–Kier alpha value is 0.476. The van der Waals surface area contributed by atoms with Crippen LogP contribution in [-0.2, 0) is 0 Å². The minimum atomic E-state index is -2.44. The van der Waals surface area contributed by atoms with Crippen molar-refractivity contribution in [2.75, 3.05) is 0 Å². The van der Waals surface area contributed by atoms with Crippen LogP contribution in [0.5, 0.6) is 0 Å². The summed E-state index contributed by atoms with van der Waals surface area (Å²) in [6.07, 6.45) is 0. The zero-order valence-electron chi connectivity index (χ0n) is 11.5. The Morgan fingerprint density at radius 1 is 0.667 bits per heavy atom. The third kappa shape index (κ3) is 10.8. The molecule has 0 atom stereocenters. The summed E-state index contributed by atoms with van der Waals surface area (Å²) in [4.78, 5) is 0. The van der Waals surface area contributed by atoms with Gasteiger partial charge in [0, 0.05) is 0 Å². The quantitative estimate of drug-likeness (QED) is 0.407. The van der Waals surface area contributed by atoms with Gasteiger partial charge in [-0.25, -0.2) is 0 Å². The second-order valence-electron chi connectivity index (χ2n) is 6.62. The van der Waals surface area contributed by atoms with Crippen LogP contribution < -0.4 is 0 Å². The van der Waals surface area contributed by atoms with Crippen molar-refractivity contribution in [3.05, 3.63) is 0 Å². The summed E-state index contributed by atoms with van der Waals surface area (Å²) in [6.45, 7) is 13.8. The molecular formula is C12H24PbSi2. The Morgan fingerprint density at radius 3 is 1.13 bits per heavy atom. The third-order valence-electron chi connectivity index (χ3n) is 1.50. The van der Waals surface area contributed by atoms with Gasteiger partial charge in [-0.3, -0.25) is 0 Å². The Labute approximate surface area is 103 Å². The van der Waals surface area contributed by atoms with E-state index in [1.807, 2.05) is 0 Å². The molecule has 0 fully saturated rings. The molecule has 0 aromatic carbocycles. The van der Waals surface area contributed by atoms with E-state index in [0.29, 0.717) is 0 Å². The first-order chi connectivity index (χ1) is 6.41. The van der Waals surface area contributed by atoms with Crippen LogP contribution in [0, 0.1) is 18.0 Å². The van der Waals surface area contributed by atoms with E-state index in [-0.39, 0.29) is 0 Å². The van der Waals surface area contributed by atoms with E-state index < -0.39 is 37.3 Å². The van der Waals surface area contributed by atoms with E-state index in [0.717, 1.165) is 0 Å². The SMILES string of the molecule is C[Si](C)(C)C#[C][Pb]([CH3])([CH3])[C]#C[Si](C)(C)C. The van der Waals surface area contributed by atoms with Gasteiger partial charge in [0.15, 0.2) is 0 Å². The molecule has 84 valence electrons. The fourth-order valence-corrected chi connectivity index (χ4v) is 18.4. The molecule has 0 saturated heterocycles. The molecule has 0 spiro atoms. The van der Waals surface area contributed by atoms with Crippen molar-refractivity contribution in [1.82, 2.24) is 0 Å². The molecule has 0 aliphatic heterocycles. The molecule has 15 heavy (non-hydrogen) atoms. The molecule has 0 aromatic heterocycles. The molecule has 0 N–H and O–H groups in total. The van der Waals surface area contributed by atoms with Crippen LogP contribution in [0.3, 0.4) is 0 Å². The van der Waals surface area contributed by atoms with E-state index in [9.17, 15) is 0 Å². The summed E-state index contributed by atoms with van der Waals surface area (Å²) in [7, 11) is -2.41. The molecule has 0 aliphatic carbocycles. The zero-order valence-corrected chi connectivity index (χ0v) is 17.4. The van der Waals surface area contributed by atoms with Crippen LogP contribution in [0.15, 0.2) is 0 Å². The Kier molecular flexibility index (Phi) is 5.37. The van der Waals surface area contributed by atoms with Crippen LogP contribution >= 0.6 is 0 Å². The van der Waals surface area contributed by atoms with Gasteiger partial charge in [-0.1, -0.05) is 0 Å². The van der Waals surface area contributed by atoms with Crippen LogP contribution in [0.1, 0.15) is 0 Å². The Morgan fingerprint density at radius 2 is 0.933 bits per heavy atom. The first kappa shape index (κ1) is 15.5. The van der Waals surface area contributed by atoms with Gasteiger partial charge in [0.2, 0.25) is 0 Å². The normalized spacial score (nSPS) is 12.3. The summed E-state index contributed by atoms with van der Waals surface area (Å²) in [6, 6.07) is 0. The van der Waals surface area contributed by atoms with Gasteiger partial charge in [0.1, 0.15) is 0 Å². The van der Waals surface area contributed by atoms with Gasteiger partial charge < -0.3 is 0 Å². The molecule has 0 unspecified atom stereocenters. The first-order valence-corrected chi connectivity index (χ1v) is 24.2. The molecule has 0 amide bonds. The number of rotatable bonds is 0. The van der Waals surface area contributed by atoms with E-state index >= 15 is 0 Å². The van der Waals surface area contributed by atoms with Crippen molar-refractivity contribution in [2.24, 2.45) is 0 Å². The molecule has 0 saturated carbocycles. The molecule has 0 nitrogen and oxygen atoms in total. The predicted molar refractivity (Wildman–Crippen MR) is 79.7 cm³/mol. The van der Waals surface area contributed by atoms with Crippen LogP contribution in [0.25, 0.3) is 0 Å². The summed E-state index contributed by atoms with van der Waals surface area (Å²) in [5, 5.41) is 0. The fraction of sp³-hybridized carbons (Fsp3) is 0.667. The van der Waals surface area contributed by atoms with Crippen molar-refractivity contribution in [3.8, 4) is 18.0 Å². The fourth-order valence-electron chi connectivity index (χ4n) is 0.719. The molecule has 0 aliphatic rings. The Bertz CT molecular complexity index is 300. The topological polar surface area (TPSA) is 0 Å². The molecular weight excluding hydrogens is 408 g/mol. The third-order valence-corrected chi connectivity index (χ3v) is 11.0. The maximum absolute atomic E-state index is 3.55. The van der Waals surface area contributed by atoms with Gasteiger partial charge in [-0.2, -0.15) is 0 Å². The van der Waals surface area contributed by atoms with E-state index in [4.69, 9.17) is 0 Å². The number of hydrogen-bond acceptors (Lipinski definition) is 0. The molecule has 0 rings (SSSR count). The van der Waals surface area contributed by atoms with Crippen molar-refractivity contribution in [1.29, 1.82) is 0 Å². The average Bonchev–Trinajstić information content (AvgIpc) is 1.96. The number of hydrogen-bond donors (Lipinski definition) is 0. The van der Waals surface area contributed by atoms with Gasteiger partial charge in [-0.05, 0) is 0 Å². The van der Waals surface area contributed by atoms with Crippen molar-refractivity contribution < 1.29 is 0 Å². The van der Waals surface area contributed by atoms with Gasteiger partial charge in [0.05, 0.1) is 0 Å². The van der Waals surface area contributed by atoms with Gasteiger partial charge in [-0.15, -0.1) is 0 Å². The van der Waals surface area contributed by atoms with E-state index in [1.54, 1.807) is 0 Å². The summed E-state index contributed by atoms with van der Waals surface area (Å²) in [5.74, 6) is 0. The van der Waals surface area contributed by atoms with E-state index in [1.165, 1.54) is 0 Å². The zero-order chi connectivity index (χ0) is 12.3. The van der Waals surface area contributed by atoms with Gasteiger partial charge >= 0.3 is 104 Å². The molecule has 3 heteroatoms. The van der Waals surface area contributed by atoms with Crippen molar-refractivity contribution >= 4 is 37.3 Å².